The summed E-state index contributed by atoms with van der Waals surface area (Å²) in [4.78, 5) is 27.7. The summed E-state index contributed by atoms with van der Waals surface area (Å²) in [5.41, 5.74) is 2.79. The van der Waals surface area contributed by atoms with E-state index in [-0.39, 0.29) is 17.4 Å². The van der Waals surface area contributed by atoms with Gasteiger partial charge in [0.25, 0.3) is 15.9 Å². The molecule has 1 saturated heterocycles. The third kappa shape index (κ3) is 4.03. The standard InChI is InChI=1S/C19H19N3O6S/c23-18-6-3-11-22(18)13-7-9-14(10-8-13)29(25,26)21-20-19(24)17-12-27-15-4-1-2-5-16(15)28-17/h1-2,4-5,7-10,17,21H,3,6,11-12H2,(H,20,24)/t17-/m0/s1. The molecule has 10 heteroatoms. The fourth-order valence-corrected chi connectivity index (χ4v) is 3.98. The molecule has 0 unspecified atom stereocenters. The summed E-state index contributed by atoms with van der Waals surface area (Å²) < 4.78 is 35.9. The number of anilines is 1. The van der Waals surface area contributed by atoms with Gasteiger partial charge in [-0.15, -0.1) is 4.83 Å². The van der Waals surface area contributed by atoms with E-state index in [1.165, 1.54) is 12.1 Å². The van der Waals surface area contributed by atoms with Crippen LogP contribution in [0.1, 0.15) is 12.8 Å². The summed E-state index contributed by atoms with van der Waals surface area (Å²) in [6.07, 6.45) is 0.283. The molecule has 2 aromatic carbocycles. The highest BCUT2D eigenvalue weighted by atomic mass is 32.2. The minimum absolute atomic E-state index is 0.0160. The number of amides is 2. The van der Waals surface area contributed by atoms with Gasteiger partial charge >= 0.3 is 0 Å². The average Bonchev–Trinajstić information content (AvgIpc) is 3.17. The van der Waals surface area contributed by atoms with Crippen LogP contribution in [0.15, 0.2) is 53.4 Å². The van der Waals surface area contributed by atoms with Crippen LogP contribution in [0.4, 0.5) is 5.69 Å². The number of carbonyl (C=O) groups excluding carboxylic acids is 2. The molecule has 0 spiro atoms. The number of hydrogen-bond acceptors (Lipinski definition) is 6. The van der Waals surface area contributed by atoms with E-state index in [1.54, 1.807) is 41.3 Å². The first kappa shape index (κ1) is 19.2. The molecule has 2 aliphatic rings. The zero-order chi connectivity index (χ0) is 20.4. The van der Waals surface area contributed by atoms with Gasteiger partial charge in [0.2, 0.25) is 12.0 Å². The molecular formula is C19H19N3O6S. The lowest BCUT2D eigenvalue weighted by molar-refractivity contribution is -0.130. The van der Waals surface area contributed by atoms with Gasteiger partial charge in [-0.3, -0.25) is 15.0 Å². The molecule has 9 nitrogen and oxygen atoms in total. The third-order valence-electron chi connectivity index (χ3n) is 4.64. The van der Waals surface area contributed by atoms with E-state index < -0.39 is 22.0 Å². The normalized spacial score (nSPS) is 18.6. The minimum Gasteiger partial charge on any atom is -0.485 e. The van der Waals surface area contributed by atoms with E-state index in [1.807, 2.05) is 0 Å². The first-order valence-electron chi connectivity index (χ1n) is 9.05. The molecule has 2 amide bonds. The summed E-state index contributed by atoms with van der Waals surface area (Å²) in [5.74, 6) is 0.271. The van der Waals surface area contributed by atoms with Crippen LogP contribution < -0.4 is 24.6 Å². The molecular weight excluding hydrogens is 398 g/mol. The second-order valence-corrected chi connectivity index (χ2v) is 8.28. The molecule has 2 heterocycles. The molecule has 1 atom stereocenters. The van der Waals surface area contributed by atoms with Crippen LogP contribution in [0.5, 0.6) is 11.5 Å². The number of nitrogens with zero attached hydrogens (tertiary/aromatic N) is 1. The van der Waals surface area contributed by atoms with Gasteiger partial charge < -0.3 is 14.4 Å². The van der Waals surface area contributed by atoms with Crippen LogP contribution in [0.2, 0.25) is 0 Å². The van der Waals surface area contributed by atoms with E-state index in [0.29, 0.717) is 30.2 Å². The predicted molar refractivity (Wildman–Crippen MR) is 103 cm³/mol. The molecule has 29 heavy (non-hydrogen) atoms. The Kier molecular flexibility index (Phi) is 5.12. The molecule has 0 aromatic heterocycles. The van der Waals surface area contributed by atoms with Gasteiger partial charge in [-0.25, -0.2) is 8.42 Å². The van der Waals surface area contributed by atoms with Crippen molar-refractivity contribution in [3.8, 4) is 11.5 Å². The number of nitrogens with one attached hydrogen (secondary N) is 2. The van der Waals surface area contributed by atoms with Crippen LogP contribution in [0.3, 0.4) is 0 Å². The smallest absolute Gasteiger partial charge is 0.279 e. The Morgan fingerprint density at radius 1 is 1.07 bits per heavy atom. The lowest BCUT2D eigenvalue weighted by Crippen LogP contribution is -2.50. The number of carbonyl (C=O) groups is 2. The monoisotopic (exact) mass is 417 g/mol. The van der Waals surface area contributed by atoms with Crippen LogP contribution in [-0.4, -0.2) is 39.5 Å². The highest BCUT2D eigenvalue weighted by Crippen LogP contribution is 2.30. The van der Waals surface area contributed by atoms with Gasteiger partial charge in [0.1, 0.15) is 6.61 Å². The first-order valence-corrected chi connectivity index (χ1v) is 10.5. The SMILES string of the molecule is O=C(NNS(=O)(=O)c1ccc(N2CCCC2=O)cc1)[C@@H]1COc2ccccc2O1. The van der Waals surface area contributed by atoms with Crippen LogP contribution in [-0.2, 0) is 19.6 Å². The summed E-state index contributed by atoms with van der Waals surface area (Å²) in [5, 5.41) is 0. The molecule has 0 aliphatic carbocycles. The number of benzene rings is 2. The fourth-order valence-electron chi connectivity index (χ4n) is 3.13. The lowest BCUT2D eigenvalue weighted by atomic mass is 10.2. The largest absolute Gasteiger partial charge is 0.485 e. The van der Waals surface area contributed by atoms with E-state index in [9.17, 15) is 18.0 Å². The number of hydrazine groups is 1. The van der Waals surface area contributed by atoms with Crippen molar-refractivity contribution in [2.75, 3.05) is 18.1 Å². The van der Waals surface area contributed by atoms with Gasteiger partial charge in [-0.1, -0.05) is 12.1 Å². The minimum atomic E-state index is -3.99. The lowest BCUT2D eigenvalue weighted by Gasteiger charge is -2.25. The Morgan fingerprint density at radius 3 is 2.48 bits per heavy atom. The zero-order valence-electron chi connectivity index (χ0n) is 15.3. The number of hydrogen-bond donors (Lipinski definition) is 2. The second kappa shape index (κ2) is 7.72. The van der Waals surface area contributed by atoms with E-state index in [0.717, 1.165) is 6.42 Å². The topological polar surface area (TPSA) is 114 Å². The Morgan fingerprint density at radius 2 is 1.79 bits per heavy atom. The van der Waals surface area contributed by atoms with Crippen LogP contribution in [0.25, 0.3) is 0 Å². The third-order valence-corrected chi connectivity index (χ3v) is 5.91. The van der Waals surface area contributed by atoms with E-state index in [2.05, 4.69) is 10.3 Å². The van der Waals surface area contributed by atoms with Crippen molar-refractivity contribution in [2.45, 2.75) is 23.8 Å². The summed E-state index contributed by atoms with van der Waals surface area (Å²) in [6, 6.07) is 12.8. The molecule has 2 aromatic rings. The van der Waals surface area contributed by atoms with Crippen molar-refractivity contribution in [3.63, 3.8) is 0 Å². The number of fused-ring (bicyclic) bond motifs is 1. The van der Waals surface area contributed by atoms with Gasteiger partial charge in [0, 0.05) is 18.7 Å². The Balaban J connectivity index is 1.37. The average molecular weight is 417 g/mol. The van der Waals surface area contributed by atoms with E-state index >= 15 is 0 Å². The molecule has 2 aliphatic heterocycles. The van der Waals surface area contributed by atoms with Crippen molar-refractivity contribution in [2.24, 2.45) is 0 Å². The van der Waals surface area contributed by atoms with Crippen molar-refractivity contribution >= 4 is 27.5 Å². The number of ether oxygens (including phenoxy) is 2. The van der Waals surface area contributed by atoms with Gasteiger partial charge in [0.15, 0.2) is 11.5 Å². The second-order valence-electron chi connectivity index (χ2n) is 6.60. The maximum atomic E-state index is 12.4. The molecule has 4 rings (SSSR count). The number of para-hydroxylation sites is 2. The summed E-state index contributed by atoms with van der Waals surface area (Å²) in [6.45, 7) is 0.578. The van der Waals surface area contributed by atoms with Crippen molar-refractivity contribution < 1.29 is 27.5 Å². The fraction of sp³-hybridized carbons (Fsp3) is 0.263. The molecule has 0 bridgehead atoms. The molecule has 0 radical (unpaired) electrons. The number of rotatable bonds is 5. The summed E-state index contributed by atoms with van der Waals surface area (Å²) >= 11 is 0. The Bertz CT molecular complexity index is 1040. The molecule has 0 saturated carbocycles. The number of sulfonamides is 1. The van der Waals surface area contributed by atoms with E-state index in [4.69, 9.17) is 9.47 Å². The quantitative estimate of drug-likeness (QED) is 0.701. The van der Waals surface area contributed by atoms with Gasteiger partial charge in [0.05, 0.1) is 4.90 Å². The van der Waals surface area contributed by atoms with Gasteiger partial charge in [-0.05, 0) is 42.8 Å². The Hall–Kier alpha value is -3.11. The molecule has 152 valence electrons. The maximum Gasteiger partial charge on any atom is 0.279 e. The Labute approximate surface area is 167 Å². The van der Waals surface area contributed by atoms with Crippen LogP contribution >= 0.6 is 0 Å². The first-order chi connectivity index (χ1) is 13.9. The highest BCUT2D eigenvalue weighted by Gasteiger charge is 2.28. The van der Waals surface area contributed by atoms with Crippen molar-refractivity contribution in [3.05, 3.63) is 48.5 Å². The molecule has 1 fully saturated rings. The van der Waals surface area contributed by atoms with Crippen molar-refractivity contribution in [1.82, 2.24) is 10.3 Å². The van der Waals surface area contributed by atoms with Crippen LogP contribution in [0, 0.1) is 0 Å². The van der Waals surface area contributed by atoms with Gasteiger partial charge in [-0.2, -0.15) is 0 Å². The van der Waals surface area contributed by atoms with Crippen molar-refractivity contribution in [1.29, 1.82) is 0 Å². The highest BCUT2D eigenvalue weighted by molar-refractivity contribution is 7.89. The predicted octanol–water partition coefficient (Wildman–Crippen LogP) is 0.963. The summed E-state index contributed by atoms with van der Waals surface area (Å²) in [7, 11) is -3.99. The molecule has 2 N–H and O–H groups in total. The zero-order valence-corrected chi connectivity index (χ0v) is 16.1. The maximum absolute atomic E-state index is 12.4.